The van der Waals surface area contributed by atoms with Crippen molar-refractivity contribution in [3.63, 3.8) is 0 Å². The lowest BCUT2D eigenvalue weighted by Gasteiger charge is -2.25. The van der Waals surface area contributed by atoms with Gasteiger partial charge in [-0.05, 0) is 25.3 Å². The van der Waals surface area contributed by atoms with E-state index in [1.54, 1.807) is 0 Å². The summed E-state index contributed by atoms with van der Waals surface area (Å²) in [5.41, 5.74) is 7.40. The van der Waals surface area contributed by atoms with Crippen molar-refractivity contribution < 1.29 is 5.11 Å². The summed E-state index contributed by atoms with van der Waals surface area (Å²) >= 11 is 0. The van der Waals surface area contributed by atoms with Crippen LogP contribution in [0.15, 0.2) is 6.07 Å². The highest BCUT2D eigenvalue weighted by molar-refractivity contribution is 5.36. The molecule has 2 rings (SSSR count). The molecule has 0 aromatic carbocycles. The molecule has 0 bridgehead atoms. The second-order valence-electron chi connectivity index (χ2n) is 4.71. The normalized spacial score (nSPS) is 24.4. The monoisotopic (exact) mass is 236 g/mol. The van der Waals surface area contributed by atoms with Gasteiger partial charge in [-0.15, -0.1) is 0 Å². The van der Waals surface area contributed by atoms with Crippen LogP contribution in [0.4, 0.5) is 5.95 Å². The van der Waals surface area contributed by atoms with Crippen LogP contribution >= 0.6 is 0 Å². The lowest BCUT2D eigenvalue weighted by Crippen LogP contribution is -2.36. The minimum Gasteiger partial charge on any atom is -0.394 e. The summed E-state index contributed by atoms with van der Waals surface area (Å²) < 4.78 is 0. The Kier molecular flexibility index (Phi) is 3.59. The smallest absolute Gasteiger partial charge is 0.226 e. The van der Waals surface area contributed by atoms with E-state index in [9.17, 15) is 5.11 Å². The Morgan fingerprint density at radius 2 is 2.29 bits per heavy atom. The zero-order valence-electron chi connectivity index (χ0n) is 10.4. The van der Waals surface area contributed by atoms with Crippen LogP contribution in [0.5, 0.6) is 0 Å². The highest BCUT2D eigenvalue weighted by Crippen LogP contribution is 2.27. The average molecular weight is 236 g/mol. The molecule has 3 N–H and O–H groups in total. The number of aryl methyl sites for hydroxylation is 1. The Bertz CT molecular complexity index is 396. The van der Waals surface area contributed by atoms with Gasteiger partial charge in [0.25, 0.3) is 0 Å². The van der Waals surface area contributed by atoms with Gasteiger partial charge in [0, 0.05) is 18.8 Å². The molecule has 17 heavy (non-hydrogen) atoms. The minimum absolute atomic E-state index is 0.127. The molecule has 1 aliphatic rings. The van der Waals surface area contributed by atoms with Gasteiger partial charge in [0.15, 0.2) is 0 Å². The van der Waals surface area contributed by atoms with Gasteiger partial charge < -0.3 is 15.7 Å². The predicted octanol–water partition coefficient (Wildman–Crippen LogP) is 0.451. The van der Waals surface area contributed by atoms with Gasteiger partial charge in [0.05, 0.1) is 18.3 Å². The van der Waals surface area contributed by atoms with Gasteiger partial charge in [-0.25, -0.2) is 9.97 Å². The van der Waals surface area contributed by atoms with Crippen molar-refractivity contribution in [3.8, 4) is 0 Å². The third-order valence-electron chi connectivity index (χ3n) is 3.43. The molecule has 0 amide bonds. The van der Waals surface area contributed by atoms with E-state index in [1.807, 2.05) is 13.0 Å². The number of hydrogen-bond acceptors (Lipinski definition) is 5. The standard InChI is InChI=1S/C12H20N4O/c1-8-3-4-16(11(8)7-17)12-14-9(2)5-10(6-13)15-12/h5,8,11,17H,3-4,6-7,13H2,1-2H3. The number of aliphatic hydroxyl groups is 1. The molecular formula is C12H20N4O. The molecule has 5 heteroatoms. The molecule has 1 aromatic rings. The summed E-state index contributed by atoms with van der Waals surface area (Å²) in [6.45, 7) is 5.57. The van der Waals surface area contributed by atoms with Gasteiger partial charge in [-0.1, -0.05) is 6.92 Å². The Morgan fingerprint density at radius 3 is 2.94 bits per heavy atom. The Hall–Kier alpha value is -1.20. The van der Waals surface area contributed by atoms with Crippen LogP contribution in [0.25, 0.3) is 0 Å². The lowest BCUT2D eigenvalue weighted by molar-refractivity contribution is 0.244. The fourth-order valence-corrected chi connectivity index (χ4v) is 2.38. The first kappa shape index (κ1) is 12.3. The zero-order chi connectivity index (χ0) is 12.4. The average Bonchev–Trinajstić information content (AvgIpc) is 2.69. The van der Waals surface area contributed by atoms with Crippen molar-refractivity contribution >= 4 is 5.95 Å². The maximum absolute atomic E-state index is 9.44. The van der Waals surface area contributed by atoms with E-state index in [0.717, 1.165) is 24.4 Å². The number of nitrogens with zero attached hydrogens (tertiary/aromatic N) is 3. The molecule has 0 saturated carbocycles. The second kappa shape index (κ2) is 4.98. The predicted molar refractivity (Wildman–Crippen MR) is 66.7 cm³/mol. The largest absolute Gasteiger partial charge is 0.394 e. The fourth-order valence-electron chi connectivity index (χ4n) is 2.38. The van der Waals surface area contributed by atoms with E-state index in [0.29, 0.717) is 18.4 Å². The van der Waals surface area contributed by atoms with Crippen LogP contribution in [-0.4, -0.2) is 34.3 Å². The van der Waals surface area contributed by atoms with Crippen LogP contribution in [0.3, 0.4) is 0 Å². The number of anilines is 1. The quantitative estimate of drug-likeness (QED) is 0.797. The summed E-state index contributed by atoms with van der Waals surface area (Å²) in [5, 5.41) is 9.44. The molecular weight excluding hydrogens is 216 g/mol. The molecule has 2 heterocycles. The van der Waals surface area contributed by atoms with Gasteiger partial charge in [0.1, 0.15) is 0 Å². The first-order chi connectivity index (χ1) is 8.15. The molecule has 1 aliphatic heterocycles. The van der Waals surface area contributed by atoms with E-state index in [2.05, 4.69) is 21.8 Å². The summed E-state index contributed by atoms with van der Waals surface area (Å²) in [4.78, 5) is 11.0. The van der Waals surface area contributed by atoms with Crippen molar-refractivity contribution in [1.82, 2.24) is 9.97 Å². The molecule has 0 aliphatic carbocycles. The SMILES string of the molecule is Cc1cc(CN)nc(N2CCC(C)C2CO)n1. The van der Waals surface area contributed by atoms with Crippen molar-refractivity contribution in [3.05, 3.63) is 17.5 Å². The van der Waals surface area contributed by atoms with Crippen molar-refractivity contribution in [2.24, 2.45) is 11.7 Å². The van der Waals surface area contributed by atoms with Crippen molar-refractivity contribution in [2.45, 2.75) is 32.9 Å². The first-order valence-corrected chi connectivity index (χ1v) is 6.08. The maximum atomic E-state index is 9.44. The van der Waals surface area contributed by atoms with E-state index in [4.69, 9.17) is 5.73 Å². The Morgan fingerprint density at radius 1 is 1.53 bits per heavy atom. The number of nitrogens with two attached hydrogens (primary N) is 1. The van der Waals surface area contributed by atoms with Crippen molar-refractivity contribution in [1.29, 1.82) is 0 Å². The number of aliphatic hydroxyl groups excluding tert-OH is 1. The third-order valence-corrected chi connectivity index (χ3v) is 3.43. The third kappa shape index (κ3) is 2.40. The van der Waals surface area contributed by atoms with Crippen LogP contribution in [0.2, 0.25) is 0 Å². The van der Waals surface area contributed by atoms with E-state index in [1.165, 1.54) is 0 Å². The van der Waals surface area contributed by atoms with Crippen LogP contribution in [0, 0.1) is 12.8 Å². The summed E-state index contributed by atoms with van der Waals surface area (Å²) in [5.74, 6) is 1.18. The van der Waals surface area contributed by atoms with E-state index < -0.39 is 0 Å². The van der Waals surface area contributed by atoms with E-state index in [-0.39, 0.29) is 12.6 Å². The van der Waals surface area contributed by atoms with Gasteiger partial charge in [-0.3, -0.25) is 0 Å². The van der Waals surface area contributed by atoms with Crippen LogP contribution in [-0.2, 0) is 6.54 Å². The molecule has 5 nitrogen and oxygen atoms in total. The maximum Gasteiger partial charge on any atom is 0.226 e. The second-order valence-corrected chi connectivity index (χ2v) is 4.71. The van der Waals surface area contributed by atoms with Crippen LogP contribution in [0.1, 0.15) is 24.7 Å². The molecule has 0 spiro atoms. The minimum atomic E-state index is 0.127. The topological polar surface area (TPSA) is 75.3 Å². The van der Waals surface area contributed by atoms with Crippen molar-refractivity contribution in [2.75, 3.05) is 18.1 Å². The molecule has 0 radical (unpaired) electrons. The molecule has 2 atom stereocenters. The summed E-state index contributed by atoms with van der Waals surface area (Å²) in [7, 11) is 0. The molecule has 1 aromatic heterocycles. The first-order valence-electron chi connectivity index (χ1n) is 6.08. The fraction of sp³-hybridized carbons (Fsp3) is 0.667. The number of rotatable bonds is 3. The molecule has 2 unspecified atom stereocenters. The van der Waals surface area contributed by atoms with Gasteiger partial charge >= 0.3 is 0 Å². The zero-order valence-corrected chi connectivity index (χ0v) is 10.4. The van der Waals surface area contributed by atoms with E-state index >= 15 is 0 Å². The number of aromatic nitrogens is 2. The molecule has 1 saturated heterocycles. The lowest BCUT2D eigenvalue weighted by atomic mass is 10.0. The van der Waals surface area contributed by atoms with Gasteiger partial charge in [0.2, 0.25) is 5.95 Å². The van der Waals surface area contributed by atoms with Crippen LogP contribution < -0.4 is 10.6 Å². The molecule has 94 valence electrons. The Balaban J connectivity index is 2.30. The summed E-state index contributed by atoms with van der Waals surface area (Å²) in [6.07, 6.45) is 1.07. The highest BCUT2D eigenvalue weighted by atomic mass is 16.3. The highest BCUT2D eigenvalue weighted by Gasteiger charge is 2.32. The molecule has 1 fully saturated rings. The van der Waals surface area contributed by atoms with Gasteiger partial charge in [-0.2, -0.15) is 0 Å². The number of hydrogen-bond donors (Lipinski definition) is 2. The Labute approximate surface area is 102 Å². The summed E-state index contributed by atoms with van der Waals surface area (Å²) in [6, 6.07) is 2.03.